The van der Waals surface area contributed by atoms with Crippen LogP contribution in [0.15, 0.2) is 47.5 Å². The van der Waals surface area contributed by atoms with Crippen molar-refractivity contribution in [2.75, 3.05) is 26.2 Å². The molecule has 0 radical (unpaired) electrons. The molecule has 9 heteroatoms. The number of benzene rings is 1. The molecule has 0 unspecified atom stereocenters. The van der Waals surface area contributed by atoms with Gasteiger partial charge in [0.1, 0.15) is 10.7 Å². The molecule has 1 aromatic heterocycles. The number of hydrogen-bond acceptors (Lipinski definition) is 5. The van der Waals surface area contributed by atoms with Gasteiger partial charge < -0.3 is 5.32 Å². The van der Waals surface area contributed by atoms with E-state index in [1.807, 2.05) is 18.2 Å². The van der Waals surface area contributed by atoms with Crippen molar-refractivity contribution in [3.8, 4) is 0 Å². The third-order valence-electron chi connectivity index (χ3n) is 6.16. The van der Waals surface area contributed by atoms with Gasteiger partial charge in [0, 0.05) is 50.5 Å². The zero-order valence-corrected chi connectivity index (χ0v) is 18.9. The first-order valence-electron chi connectivity index (χ1n) is 11.2. The summed E-state index contributed by atoms with van der Waals surface area (Å²) >= 11 is 0. The van der Waals surface area contributed by atoms with Crippen molar-refractivity contribution in [2.45, 2.75) is 49.6 Å². The zero-order chi connectivity index (χ0) is 22.6. The summed E-state index contributed by atoms with van der Waals surface area (Å²) in [6.07, 6.45) is 5.86. The Kier molecular flexibility index (Phi) is 7.17. The van der Waals surface area contributed by atoms with E-state index in [9.17, 15) is 17.6 Å². The number of nitrogens with one attached hydrogen (secondary N) is 1. The fraction of sp³-hybridized carbons (Fsp3) is 0.478. The molecule has 1 N–H and O–H groups in total. The number of pyridine rings is 1. The summed E-state index contributed by atoms with van der Waals surface area (Å²) < 4.78 is 41.5. The normalized spacial score (nSPS) is 19.0. The smallest absolute Gasteiger partial charge is 0.251 e. The Morgan fingerprint density at radius 1 is 1.06 bits per heavy atom. The molecule has 2 fully saturated rings. The van der Waals surface area contributed by atoms with Gasteiger partial charge in [0.25, 0.3) is 5.91 Å². The van der Waals surface area contributed by atoms with Crippen LogP contribution in [0.1, 0.15) is 48.2 Å². The molecule has 32 heavy (non-hydrogen) atoms. The quantitative estimate of drug-likeness (QED) is 0.717. The summed E-state index contributed by atoms with van der Waals surface area (Å²) in [5.74, 6) is -1.20. The van der Waals surface area contributed by atoms with Crippen molar-refractivity contribution in [2.24, 2.45) is 0 Å². The second-order valence-corrected chi connectivity index (χ2v) is 10.4. The number of hydrogen-bond donors (Lipinski definition) is 1. The standard InChI is InChI=1S/C23H29FN4O3S/c24-21-8-7-18(16-22(21)32(30,31)28-12-4-1-5-13-28)23(29)26-19-9-14-27(15-10-19)17-20-6-2-3-11-25-20/h2-3,6-8,11,16,19H,1,4-5,9-10,12-15,17H2,(H,26,29). The van der Waals surface area contributed by atoms with Gasteiger partial charge in [-0.2, -0.15) is 4.31 Å². The number of carbonyl (C=O) groups is 1. The largest absolute Gasteiger partial charge is 0.349 e. The van der Waals surface area contributed by atoms with E-state index < -0.39 is 20.7 Å². The van der Waals surface area contributed by atoms with Gasteiger partial charge in [-0.15, -0.1) is 0 Å². The molecular weight excluding hydrogens is 431 g/mol. The maximum atomic E-state index is 14.4. The number of piperidine rings is 2. The first-order valence-corrected chi connectivity index (χ1v) is 12.6. The van der Waals surface area contributed by atoms with Crippen molar-refractivity contribution in [1.82, 2.24) is 19.5 Å². The minimum absolute atomic E-state index is 0.00492. The molecule has 1 aromatic carbocycles. The van der Waals surface area contributed by atoms with Crippen molar-refractivity contribution in [1.29, 1.82) is 0 Å². The Labute approximate surface area is 188 Å². The van der Waals surface area contributed by atoms with Gasteiger partial charge in [-0.05, 0) is 56.0 Å². The van der Waals surface area contributed by atoms with Crippen molar-refractivity contribution < 1.29 is 17.6 Å². The van der Waals surface area contributed by atoms with Crippen LogP contribution < -0.4 is 5.32 Å². The van der Waals surface area contributed by atoms with Crippen LogP contribution >= 0.6 is 0 Å². The SMILES string of the molecule is O=C(NC1CCN(Cc2ccccn2)CC1)c1ccc(F)c(S(=O)(=O)N2CCCCC2)c1. The lowest BCUT2D eigenvalue weighted by atomic mass is 10.0. The highest BCUT2D eigenvalue weighted by molar-refractivity contribution is 7.89. The number of rotatable bonds is 6. The Morgan fingerprint density at radius 3 is 2.50 bits per heavy atom. The molecule has 2 saturated heterocycles. The van der Waals surface area contributed by atoms with Gasteiger partial charge in [0.15, 0.2) is 0 Å². The van der Waals surface area contributed by atoms with Gasteiger partial charge >= 0.3 is 0 Å². The molecule has 172 valence electrons. The molecule has 0 aliphatic carbocycles. The molecular formula is C23H29FN4O3S. The molecule has 3 heterocycles. The fourth-order valence-corrected chi connectivity index (χ4v) is 5.92. The molecule has 2 aliphatic rings. The molecule has 1 amide bonds. The number of sulfonamides is 1. The second-order valence-electron chi connectivity index (χ2n) is 8.45. The average molecular weight is 461 g/mol. The number of amides is 1. The molecule has 0 atom stereocenters. The Morgan fingerprint density at radius 2 is 1.81 bits per heavy atom. The maximum Gasteiger partial charge on any atom is 0.251 e. The Bertz CT molecular complexity index is 1030. The van der Waals surface area contributed by atoms with E-state index >= 15 is 0 Å². The lowest BCUT2D eigenvalue weighted by Crippen LogP contribution is -2.44. The third-order valence-corrected chi connectivity index (χ3v) is 8.07. The molecule has 7 nitrogen and oxygen atoms in total. The van der Waals surface area contributed by atoms with Crippen molar-refractivity contribution in [3.05, 3.63) is 59.7 Å². The summed E-state index contributed by atoms with van der Waals surface area (Å²) in [5.41, 5.74) is 1.18. The molecule has 4 rings (SSSR count). The average Bonchev–Trinajstić information content (AvgIpc) is 2.82. The summed E-state index contributed by atoms with van der Waals surface area (Å²) in [5, 5.41) is 2.99. The minimum atomic E-state index is -3.95. The van der Waals surface area contributed by atoms with E-state index in [1.54, 1.807) is 6.20 Å². The monoisotopic (exact) mass is 460 g/mol. The highest BCUT2D eigenvalue weighted by atomic mass is 32.2. The number of carbonyl (C=O) groups excluding carboxylic acids is 1. The van der Waals surface area contributed by atoms with Gasteiger partial charge in [0.05, 0.1) is 5.69 Å². The minimum Gasteiger partial charge on any atom is -0.349 e. The van der Waals surface area contributed by atoms with E-state index in [-0.39, 0.29) is 17.5 Å². The summed E-state index contributed by atoms with van der Waals surface area (Å²) in [4.78, 5) is 19.0. The number of nitrogens with zero attached hydrogens (tertiary/aromatic N) is 3. The van der Waals surface area contributed by atoms with Crippen LogP contribution in [0.25, 0.3) is 0 Å². The topological polar surface area (TPSA) is 82.6 Å². The maximum absolute atomic E-state index is 14.4. The van der Waals surface area contributed by atoms with Gasteiger partial charge in [-0.25, -0.2) is 12.8 Å². The number of aromatic nitrogens is 1. The van der Waals surface area contributed by atoms with Crippen LogP contribution in [-0.2, 0) is 16.6 Å². The zero-order valence-electron chi connectivity index (χ0n) is 18.0. The lowest BCUT2D eigenvalue weighted by Gasteiger charge is -2.32. The Balaban J connectivity index is 1.37. The van der Waals surface area contributed by atoms with Crippen LogP contribution in [0, 0.1) is 5.82 Å². The van der Waals surface area contributed by atoms with E-state index in [4.69, 9.17) is 0 Å². The van der Waals surface area contributed by atoms with Crippen molar-refractivity contribution >= 4 is 15.9 Å². The number of likely N-dealkylation sites (tertiary alicyclic amines) is 1. The van der Waals surface area contributed by atoms with E-state index in [2.05, 4.69) is 15.2 Å². The lowest BCUT2D eigenvalue weighted by molar-refractivity contribution is 0.0908. The fourth-order valence-electron chi connectivity index (χ4n) is 4.31. The van der Waals surface area contributed by atoms with Gasteiger partial charge in [0.2, 0.25) is 10.0 Å². The summed E-state index contributed by atoms with van der Waals surface area (Å²) in [7, 11) is -3.95. The molecule has 0 saturated carbocycles. The second kappa shape index (κ2) is 10.1. The van der Waals surface area contributed by atoms with E-state index in [0.29, 0.717) is 13.1 Å². The van der Waals surface area contributed by atoms with Crippen LogP contribution in [0.2, 0.25) is 0 Å². The first kappa shape index (κ1) is 22.8. The van der Waals surface area contributed by atoms with Crippen LogP contribution in [0.3, 0.4) is 0 Å². The van der Waals surface area contributed by atoms with E-state index in [0.717, 1.165) is 63.5 Å². The third kappa shape index (κ3) is 5.33. The van der Waals surface area contributed by atoms with Crippen LogP contribution in [0.5, 0.6) is 0 Å². The van der Waals surface area contributed by atoms with Crippen molar-refractivity contribution in [3.63, 3.8) is 0 Å². The highest BCUT2D eigenvalue weighted by Gasteiger charge is 2.30. The van der Waals surface area contributed by atoms with Gasteiger partial charge in [-0.1, -0.05) is 12.5 Å². The van der Waals surface area contributed by atoms with Crippen LogP contribution in [0.4, 0.5) is 4.39 Å². The predicted molar refractivity (Wildman–Crippen MR) is 119 cm³/mol. The van der Waals surface area contributed by atoms with Crippen LogP contribution in [-0.4, -0.2) is 60.7 Å². The molecule has 0 spiro atoms. The summed E-state index contributed by atoms with van der Waals surface area (Å²) in [6.45, 7) is 3.21. The number of halogens is 1. The van der Waals surface area contributed by atoms with E-state index in [1.165, 1.54) is 16.4 Å². The molecule has 0 bridgehead atoms. The van der Waals surface area contributed by atoms with Gasteiger partial charge in [-0.3, -0.25) is 14.7 Å². The molecule has 2 aromatic rings. The highest BCUT2D eigenvalue weighted by Crippen LogP contribution is 2.24. The Hall–Kier alpha value is -2.36. The predicted octanol–water partition coefficient (Wildman–Crippen LogP) is 2.79. The molecule has 2 aliphatic heterocycles. The first-order chi connectivity index (χ1) is 15.4. The summed E-state index contributed by atoms with van der Waals surface area (Å²) in [6, 6.07) is 9.44.